The number of hydrogen-bond donors (Lipinski definition) is 2. The second-order valence-corrected chi connectivity index (χ2v) is 5.37. The minimum absolute atomic E-state index is 0.571. The molecule has 1 aliphatic rings. The molecule has 1 aromatic carbocycles. The number of hydrogen-bond acceptors (Lipinski definition) is 2. The monoisotopic (exact) mass is 268 g/mol. The van der Waals surface area contributed by atoms with Crippen LogP contribution in [0.15, 0.2) is 41.5 Å². The third-order valence-corrected chi connectivity index (χ3v) is 3.83. The summed E-state index contributed by atoms with van der Waals surface area (Å²) < 4.78 is 0. The quantitative estimate of drug-likeness (QED) is 0.663. The van der Waals surface area contributed by atoms with Gasteiger partial charge < -0.3 is 10.6 Å². The van der Waals surface area contributed by atoms with Crippen molar-refractivity contribution in [3.05, 3.63) is 42.2 Å². The fourth-order valence-corrected chi connectivity index (χ4v) is 2.38. The molecule has 1 saturated carbocycles. The zero-order chi connectivity index (χ0) is 13.9. The van der Waals surface area contributed by atoms with Crippen LogP contribution in [0.3, 0.4) is 0 Å². The number of nitrogens with one attached hydrogen (secondary N) is 2. The van der Waals surface area contributed by atoms with Gasteiger partial charge in [-0.1, -0.05) is 31.2 Å². The van der Waals surface area contributed by atoms with Crippen molar-refractivity contribution in [3.8, 4) is 0 Å². The maximum absolute atomic E-state index is 4.48. The Kier molecular flexibility index (Phi) is 3.54. The van der Waals surface area contributed by atoms with E-state index in [4.69, 9.17) is 0 Å². The van der Waals surface area contributed by atoms with Crippen molar-refractivity contribution < 1.29 is 0 Å². The summed E-state index contributed by atoms with van der Waals surface area (Å²) in [5.74, 6) is 1.61. The van der Waals surface area contributed by atoms with Gasteiger partial charge in [0, 0.05) is 24.7 Å². The topological polar surface area (TPSA) is 49.3 Å². The van der Waals surface area contributed by atoms with Gasteiger partial charge in [0.1, 0.15) is 0 Å². The molecule has 1 fully saturated rings. The number of rotatable bonds is 3. The van der Waals surface area contributed by atoms with Crippen LogP contribution >= 0.6 is 0 Å². The molecule has 0 bridgehead atoms. The van der Waals surface area contributed by atoms with Crippen LogP contribution in [0.25, 0.3) is 10.8 Å². The van der Waals surface area contributed by atoms with Gasteiger partial charge in [0.05, 0.1) is 12.2 Å². The maximum Gasteiger partial charge on any atom is 0.191 e. The van der Waals surface area contributed by atoms with Gasteiger partial charge in [-0.15, -0.1) is 0 Å². The SMILES string of the molecule is CN=C(NCc1nccc2ccccc12)NC1CC1C. The summed E-state index contributed by atoms with van der Waals surface area (Å²) in [6.07, 6.45) is 3.09. The molecule has 2 unspecified atom stereocenters. The van der Waals surface area contributed by atoms with E-state index in [2.05, 4.69) is 45.7 Å². The van der Waals surface area contributed by atoms with Gasteiger partial charge in [-0.05, 0) is 23.8 Å². The van der Waals surface area contributed by atoms with E-state index in [1.165, 1.54) is 17.2 Å². The van der Waals surface area contributed by atoms with Crippen LogP contribution < -0.4 is 10.6 Å². The molecule has 20 heavy (non-hydrogen) atoms. The highest BCUT2D eigenvalue weighted by Crippen LogP contribution is 2.28. The second-order valence-electron chi connectivity index (χ2n) is 5.37. The minimum Gasteiger partial charge on any atom is -0.353 e. The Balaban J connectivity index is 1.70. The molecule has 4 nitrogen and oxygen atoms in total. The van der Waals surface area contributed by atoms with Crippen LogP contribution in [0.5, 0.6) is 0 Å². The summed E-state index contributed by atoms with van der Waals surface area (Å²) in [6.45, 7) is 2.93. The van der Waals surface area contributed by atoms with E-state index in [0.29, 0.717) is 12.6 Å². The van der Waals surface area contributed by atoms with Crippen molar-refractivity contribution in [1.29, 1.82) is 0 Å². The molecule has 0 aliphatic heterocycles. The number of guanidine groups is 1. The molecule has 0 spiro atoms. The lowest BCUT2D eigenvalue weighted by atomic mass is 10.1. The molecular formula is C16H20N4. The molecule has 0 radical (unpaired) electrons. The highest BCUT2D eigenvalue weighted by molar-refractivity contribution is 5.85. The molecule has 104 valence electrons. The Morgan fingerprint density at radius 1 is 1.35 bits per heavy atom. The summed E-state index contributed by atoms with van der Waals surface area (Å²) in [7, 11) is 1.80. The first-order valence-corrected chi connectivity index (χ1v) is 7.07. The number of pyridine rings is 1. The number of aliphatic imine (C=N–C) groups is 1. The first kappa shape index (κ1) is 12.9. The predicted molar refractivity (Wildman–Crippen MR) is 82.6 cm³/mol. The van der Waals surface area contributed by atoms with Gasteiger partial charge in [0.25, 0.3) is 0 Å². The van der Waals surface area contributed by atoms with Gasteiger partial charge in [-0.2, -0.15) is 0 Å². The molecule has 2 atom stereocenters. The number of fused-ring (bicyclic) bond motifs is 1. The van der Waals surface area contributed by atoms with Crippen molar-refractivity contribution >= 4 is 16.7 Å². The Hall–Kier alpha value is -2.10. The average molecular weight is 268 g/mol. The average Bonchev–Trinajstić information content (AvgIpc) is 3.18. The molecule has 0 amide bonds. The zero-order valence-corrected chi connectivity index (χ0v) is 11.9. The summed E-state index contributed by atoms with van der Waals surface area (Å²) in [6, 6.07) is 10.9. The van der Waals surface area contributed by atoms with Crippen molar-refractivity contribution in [2.75, 3.05) is 7.05 Å². The number of aromatic nitrogens is 1. The fraction of sp³-hybridized carbons (Fsp3) is 0.375. The van der Waals surface area contributed by atoms with Crippen LogP contribution in [-0.4, -0.2) is 24.0 Å². The smallest absolute Gasteiger partial charge is 0.191 e. The van der Waals surface area contributed by atoms with E-state index >= 15 is 0 Å². The molecule has 0 saturated heterocycles. The maximum atomic E-state index is 4.48. The lowest BCUT2D eigenvalue weighted by Gasteiger charge is -2.12. The van der Waals surface area contributed by atoms with Gasteiger partial charge in [-0.3, -0.25) is 9.98 Å². The van der Waals surface area contributed by atoms with E-state index in [-0.39, 0.29) is 0 Å². The van der Waals surface area contributed by atoms with Crippen LogP contribution in [0.2, 0.25) is 0 Å². The van der Waals surface area contributed by atoms with Gasteiger partial charge in [0.15, 0.2) is 5.96 Å². The summed E-state index contributed by atoms with van der Waals surface area (Å²) in [4.78, 5) is 8.74. The molecule has 3 rings (SSSR count). The van der Waals surface area contributed by atoms with Crippen molar-refractivity contribution in [3.63, 3.8) is 0 Å². The molecule has 2 aromatic rings. The van der Waals surface area contributed by atoms with Crippen LogP contribution in [0.4, 0.5) is 0 Å². The first-order valence-electron chi connectivity index (χ1n) is 7.07. The van der Waals surface area contributed by atoms with E-state index in [0.717, 1.165) is 17.6 Å². The predicted octanol–water partition coefficient (Wildman–Crippen LogP) is 2.31. The number of benzene rings is 1. The Morgan fingerprint density at radius 2 is 2.15 bits per heavy atom. The van der Waals surface area contributed by atoms with Gasteiger partial charge in [0.2, 0.25) is 0 Å². The highest BCUT2D eigenvalue weighted by Gasteiger charge is 2.33. The van der Waals surface area contributed by atoms with Crippen molar-refractivity contribution in [1.82, 2.24) is 15.6 Å². The van der Waals surface area contributed by atoms with Crippen LogP contribution in [-0.2, 0) is 6.54 Å². The Morgan fingerprint density at radius 3 is 2.90 bits per heavy atom. The van der Waals surface area contributed by atoms with E-state index in [1.54, 1.807) is 7.05 Å². The molecule has 1 heterocycles. The Labute approximate surface area is 119 Å². The Bertz CT molecular complexity index is 630. The first-order chi connectivity index (χ1) is 9.78. The van der Waals surface area contributed by atoms with Gasteiger partial charge in [-0.25, -0.2) is 0 Å². The largest absolute Gasteiger partial charge is 0.353 e. The van der Waals surface area contributed by atoms with Gasteiger partial charge >= 0.3 is 0 Å². The lowest BCUT2D eigenvalue weighted by Crippen LogP contribution is -2.38. The summed E-state index contributed by atoms with van der Waals surface area (Å²) in [5.41, 5.74) is 1.05. The van der Waals surface area contributed by atoms with Crippen LogP contribution in [0.1, 0.15) is 19.0 Å². The molecule has 4 heteroatoms. The zero-order valence-electron chi connectivity index (χ0n) is 11.9. The van der Waals surface area contributed by atoms with Crippen LogP contribution in [0, 0.1) is 5.92 Å². The molecule has 2 N–H and O–H groups in total. The normalized spacial score (nSPS) is 21.8. The fourth-order valence-electron chi connectivity index (χ4n) is 2.38. The van der Waals surface area contributed by atoms with Crippen molar-refractivity contribution in [2.45, 2.75) is 25.9 Å². The van der Waals surface area contributed by atoms with E-state index in [1.807, 2.05) is 18.3 Å². The standard InChI is InChI=1S/C16H20N4/c1-11-9-14(11)20-16(17-2)19-10-15-13-6-4-3-5-12(13)7-8-18-15/h3-8,11,14H,9-10H2,1-2H3,(H2,17,19,20). The molecular weight excluding hydrogens is 248 g/mol. The van der Waals surface area contributed by atoms with E-state index in [9.17, 15) is 0 Å². The molecule has 1 aliphatic carbocycles. The van der Waals surface area contributed by atoms with E-state index < -0.39 is 0 Å². The van der Waals surface area contributed by atoms with Crippen molar-refractivity contribution in [2.24, 2.45) is 10.9 Å². The second kappa shape index (κ2) is 5.49. The third kappa shape index (κ3) is 2.74. The third-order valence-electron chi connectivity index (χ3n) is 3.83. The highest BCUT2D eigenvalue weighted by atomic mass is 15.2. The molecule has 1 aromatic heterocycles. The summed E-state index contributed by atoms with van der Waals surface area (Å²) >= 11 is 0. The summed E-state index contributed by atoms with van der Waals surface area (Å²) in [5, 5.41) is 9.18. The minimum atomic E-state index is 0.571. The lowest BCUT2D eigenvalue weighted by molar-refractivity contribution is 0.759. The number of nitrogens with zero attached hydrogens (tertiary/aromatic N) is 2.